The summed E-state index contributed by atoms with van der Waals surface area (Å²) in [6.45, 7) is 2.54. The minimum Gasteiger partial charge on any atom is -0.484 e. The van der Waals surface area contributed by atoms with E-state index in [0.717, 1.165) is 10.9 Å². The predicted molar refractivity (Wildman–Crippen MR) is 128 cm³/mol. The number of hydrogen-bond acceptors (Lipinski definition) is 7. The average Bonchev–Trinajstić information content (AvgIpc) is 2.82. The molecule has 0 radical (unpaired) electrons. The third kappa shape index (κ3) is 5.05. The molecule has 9 nitrogen and oxygen atoms in total. The van der Waals surface area contributed by atoms with Gasteiger partial charge in [-0.3, -0.25) is 9.59 Å². The third-order valence-corrected chi connectivity index (χ3v) is 6.06. The van der Waals surface area contributed by atoms with Gasteiger partial charge < -0.3 is 25.0 Å². The second kappa shape index (κ2) is 10.2. The number of nitrogens with two attached hydrogens (primary N) is 1. The van der Waals surface area contributed by atoms with Crippen LogP contribution in [0.25, 0.3) is 10.9 Å². The highest BCUT2D eigenvalue weighted by Crippen LogP contribution is 2.24. The molecule has 0 bridgehead atoms. The van der Waals surface area contributed by atoms with Crippen molar-refractivity contribution in [3.05, 3.63) is 59.4 Å². The lowest BCUT2D eigenvalue weighted by Crippen LogP contribution is -2.63. The van der Waals surface area contributed by atoms with Gasteiger partial charge in [0.05, 0.1) is 12.1 Å². The Labute approximate surface area is 202 Å². The summed E-state index contributed by atoms with van der Waals surface area (Å²) >= 11 is 5.98. The van der Waals surface area contributed by atoms with Crippen molar-refractivity contribution in [1.82, 2.24) is 19.8 Å². The van der Waals surface area contributed by atoms with Crippen LogP contribution in [0.15, 0.2) is 48.8 Å². The van der Waals surface area contributed by atoms with Crippen LogP contribution in [0.4, 0.5) is 5.82 Å². The average molecular weight is 484 g/mol. The van der Waals surface area contributed by atoms with E-state index in [1.807, 2.05) is 25.1 Å². The summed E-state index contributed by atoms with van der Waals surface area (Å²) in [4.78, 5) is 38.0. The van der Waals surface area contributed by atoms with Crippen LogP contribution in [0, 0.1) is 0 Å². The fourth-order valence-electron chi connectivity index (χ4n) is 4.08. The molecule has 4 rings (SSSR count). The Morgan fingerprint density at radius 2 is 2.06 bits per heavy atom. The summed E-state index contributed by atoms with van der Waals surface area (Å²) in [6, 6.07) is 11.5. The Morgan fingerprint density at radius 1 is 1.24 bits per heavy atom. The van der Waals surface area contributed by atoms with Gasteiger partial charge in [-0.05, 0) is 42.8 Å². The number of piperazine rings is 1. The molecule has 0 spiro atoms. The number of carbonyl (C=O) groups is 2. The fourth-order valence-corrected chi connectivity index (χ4v) is 4.26. The second-order valence-corrected chi connectivity index (χ2v) is 8.63. The van der Waals surface area contributed by atoms with E-state index in [2.05, 4.69) is 9.97 Å². The summed E-state index contributed by atoms with van der Waals surface area (Å²) in [5.74, 6) is 0.426. The van der Waals surface area contributed by atoms with Gasteiger partial charge in [0.1, 0.15) is 23.9 Å². The molecule has 2 aromatic carbocycles. The van der Waals surface area contributed by atoms with Gasteiger partial charge in [0.2, 0.25) is 5.91 Å². The standard InChI is InChI=1S/C24H26ClN5O4/c1-15-10-30(22(31)13-34-18-5-3-4-17(25)9-18)21(12-33-2)24(32)29(15)11-16-6-7-19-20(8-16)27-14-28-23(19)26/h3-9,14-15,21H,10-13H2,1-2H3,(H2,26,27,28). The predicted octanol–water partition coefficient (Wildman–Crippen LogP) is 2.52. The van der Waals surface area contributed by atoms with Crippen LogP contribution in [0.5, 0.6) is 5.75 Å². The number of anilines is 1. The van der Waals surface area contributed by atoms with E-state index in [1.165, 1.54) is 18.3 Å². The number of aromatic nitrogens is 2. The number of nitrogen functional groups attached to an aromatic ring is 1. The smallest absolute Gasteiger partial charge is 0.261 e. The van der Waals surface area contributed by atoms with Crippen molar-refractivity contribution in [1.29, 1.82) is 0 Å². The lowest BCUT2D eigenvalue weighted by Gasteiger charge is -2.44. The minimum absolute atomic E-state index is 0.0897. The highest BCUT2D eigenvalue weighted by atomic mass is 35.5. The molecular formula is C24H26ClN5O4. The molecule has 0 saturated carbocycles. The van der Waals surface area contributed by atoms with Gasteiger partial charge in [-0.1, -0.05) is 23.7 Å². The number of fused-ring (bicyclic) bond motifs is 1. The zero-order chi connectivity index (χ0) is 24.2. The normalized spacial score (nSPS) is 18.4. The zero-order valence-electron chi connectivity index (χ0n) is 19.0. The van der Waals surface area contributed by atoms with Crippen LogP contribution < -0.4 is 10.5 Å². The highest BCUT2D eigenvalue weighted by molar-refractivity contribution is 6.30. The minimum atomic E-state index is -0.741. The van der Waals surface area contributed by atoms with E-state index in [0.29, 0.717) is 35.2 Å². The maximum absolute atomic E-state index is 13.4. The Bertz CT molecular complexity index is 1210. The van der Waals surface area contributed by atoms with E-state index in [4.69, 9.17) is 26.8 Å². The fraction of sp³-hybridized carbons (Fsp3) is 0.333. The molecular weight excluding hydrogens is 458 g/mol. The van der Waals surface area contributed by atoms with Gasteiger partial charge >= 0.3 is 0 Å². The Balaban J connectivity index is 1.49. The number of nitrogens with zero attached hydrogens (tertiary/aromatic N) is 4. The van der Waals surface area contributed by atoms with Crippen LogP contribution in [0.3, 0.4) is 0 Å². The molecule has 1 aromatic heterocycles. The Morgan fingerprint density at radius 3 is 2.82 bits per heavy atom. The molecule has 34 heavy (non-hydrogen) atoms. The first-order valence-electron chi connectivity index (χ1n) is 10.8. The number of ether oxygens (including phenoxy) is 2. The summed E-state index contributed by atoms with van der Waals surface area (Å²) < 4.78 is 10.9. The number of methoxy groups -OCH3 is 1. The lowest BCUT2D eigenvalue weighted by atomic mass is 10.0. The van der Waals surface area contributed by atoms with Crippen LogP contribution in [0.1, 0.15) is 12.5 Å². The van der Waals surface area contributed by atoms with E-state index < -0.39 is 6.04 Å². The topological polar surface area (TPSA) is 111 Å². The molecule has 1 saturated heterocycles. The highest BCUT2D eigenvalue weighted by Gasteiger charge is 2.41. The molecule has 178 valence electrons. The monoisotopic (exact) mass is 483 g/mol. The van der Waals surface area contributed by atoms with Crippen molar-refractivity contribution in [2.45, 2.75) is 25.6 Å². The van der Waals surface area contributed by atoms with Crippen molar-refractivity contribution in [3.63, 3.8) is 0 Å². The molecule has 2 amide bonds. The third-order valence-electron chi connectivity index (χ3n) is 5.83. The van der Waals surface area contributed by atoms with Crippen LogP contribution in [-0.2, 0) is 20.9 Å². The molecule has 2 heterocycles. The summed E-state index contributed by atoms with van der Waals surface area (Å²) in [5.41, 5.74) is 7.54. The van der Waals surface area contributed by atoms with Gasteiger partial charge in [-0.15, -0.1) is 0 Å². The van der Waals surface area contributed by atoms with Crippen molar-refractivity contribution in [2.75, 3.05) is 32.6 Å². The number of amides is 2. The number of benzene rings is 2. The molecule has 10 heteroatoms. The van der Waals surface area contributed by atoms with Crippen molar-refractivity contribution < 1.29 is 19.1 Å². The molecule has 1 aliphatic heterocycles. The largest absolute Gasteiger partial charge is 0.484 e. The number of hydrogen-bond donors (Lipinski definition) is 1. The molecule has 2 atom stereocenters. The Kier molecular flexibility index (Phi) is 7.14. The maximum atomic E-state index is 13.4. The zero-order valence-corrected chi connectivity index (χ0v) is 19.7. The van der Waals surface area contributed by atoms with Crippen molar-refractivity contribution in [3.8, 4) is 5.75 Å². The molecule has 3 aromatic rings. The summed E-state index contributed by atoms with van der Waals surface area (Å²) in [5, 5.41) is 1.28. The van der Waals surface area contributed by atoms with Crippen LogP contribution in [-0.4, -0.2) is 70.5 Å². The van der Waals surface area contributed by atoms with E-state index in [9.17, 15) is 9.59 Å². The van der Waals surface area contributed by atoms with Crippen LogP contribution in [0.2, 0.25) is 5.02 Å². The first-order chi connectivity index (χ1) is 16.4. The van der Waals surface area contributed by atoms with Gasteiger partial charge in [0.15, 0.2) is 6.61 Å². The quantitative estimate of drug-likeness (QED) is 0.549. The van der Waals surface area contributed by atoms with Crippen molar-refractivity contribution in [2.24, 2.45) is 0 Å². The van der Waals surface area contributed by atoms with Gasteiger partial charge in [-0.2, -0.15) is 0 Å². The first kappa shape index (κ1) is 23.7. The number of halogens is 1. The number of carbonyl (C=O) groups excluding carboxylic acids is 2. The summed E-state index contributed by atoms with van der Waals surface area (Å²) in [6.07, 6.45) is 1.42. The molecule has 2 N–H and O–H groups in total. The molecule has 1 aliphatic rings. The molecule has 0 aliphatic carbocycles. The van der Waals surface area contributed by atoms with Crippen LogP contribution >= 0.6 is 11.6 Å². The van der Waals surface area contributed by atoms with Gasteiger partial charge in [-0.25, -0.2) is 9.97 Å². The summed E-state index contributed by atoms with van der Waals surface area (Å²) in [7, 11) is 1.51. The van der Waals surface area contributed by atoms with Gasteiger partial charge in [0, 0.05) is 36.7 Å². The molecule has 2 unspecified atom stereocenters. The molecule has 1 fully saturated rings. The Hall–Kier alpha value is -3.43. The number of rotatable bonds is 7. The maximum Gasteiger partial charge on any atom is 0.261 e. The van der Waals surface area contributed by atoms with E-state index in [1.54, 1.807) is 29.2 Å². The second-order valence-electron chi connectivity index (χ2n) is 8.19. The SMILES string of the molecule is COCC1C(=O)N(Cc2ccc3c(N)ncnc3c2)C(C)CN1C(=O)COc1cccc(Cl)c1. The van der Waals surface area contributed by atoms with E-state index in [-0.39, 0.29) is 31.1 Å². The van der Waals surface area contributed by atoms with Crippen molar-refractivity contribution >= 4 is 40.1 Å². The first-order valence-corrected chi connectivity index (χ1v) is 11.2. The lowest BCUT2D eigenvalue weighted by molar-refractivity contribution is -0.159. The van der Waals surface area contributed by atoms with E-state index >= 15 is 0 Å². The van der Waals surface area contributed by atoms with Gasteiger partial charge in [0.25, 0.3) is 5.91 Å².